The van der Waals surface area contributed by atoms with Crippen LogP contribution in [-0.2, 0) is 27.5 Å². The third-order valence-electron chi connectivity index (χ3n) is 4.58. The van der Waals surface area contributed by atoms with E-state index in [-0.39, 0.29) is 16.5 Å². The van der Waals surface area contributed by atoms with Crippen molar-refractivity contribution in [1.29, 1.82) is 0 Å². The highest BCUT2D eigenvalue weighted by Crippen LogP contribution is 2.34. The van der Waals surface area contributed by atoms with Crippen LogP contribution in [0.15, 0.2) is 82.2 Å². The molecule has 0 saturated carbocycles. The highest BCUT2D eigenvalue weighted by atomic mass is 79.9. The summed E-state index contributed by atoms with van der Waals surface area (Å²) in [6, 6.07) is 16.7. The van der Waals surface area contributed by atoms with Crippen molar-refractivity contribution in [3.63, 3.8) is 0 Å². The van der Waals surface area contributed by atoms with Crippen LogP contribution in [0.4, 0.5) is 18.9 Å². The van der Waals surface area contributed by atoms with Gasteiger partial charge in [0, 0.05) is 16.0 Å². The van der Waals surface area contributed by atoms with Crippen LogP contribution in [-0.4, -0.2) is 25.2 Å². The Morgan fingerprint density at radius 2 is 1.58 bits per heavy atom. The molecule has 0 aliphatic carbocycles. The van der Waals surface area contributed by atoms with Crippen LogP contribution in [0, 0.1) is 0 Å². The van der Waals surface area contributed by atoms with E-state index in [1.807, 2.05) is 0 Å². The van der Waals surface area contributed by atoms with Crippen LogP contribution in [0.3, 0.4) is 0 Å². The van der Waals surface area contributed by atoms with E-state index in [9.17, 15) is 26.4 Å². The molecule has 0 spiro atoms. The van der Waals surface area contributed by atoms with E-state index in [4.69, 9.17) is 11.6 Å². The maximum Gasteiger partial charge on any atom is 0.418 e. The van der Waals surface area contributed by atoms with Crippen LogP contribution in [0.1, 0.15) is 11.1 Å². The van der Waals surface area contributed by atoms with E-state index < -0.39 is 39.9 Å². The average Bonchev–Trinajstić information content (AvgIpc) is 2.74. The first-order valence-corrected chi connectivity index (χ1v) is 12.0. The Bertz CT molecular complexity index is 1250. The van der Waals surface area contributed by atoms with Gasteiger partial charge in [0.2, 0.25) is 15.9 Å². The minimum absolute atomic E-state index is 0.0822. The third-order valence-corrected chi connectivity index (χ3v) is 7.29. The number of alkyl halides is 3. The monoisotopic (exact) mass is 560 g/mol. The summed E-state index contributed by atoms with van der Waals surface area (Å²) in [4.78, 5) is 12.6. The fraction of sp³-hybridized carbons (Fsp3) is 0.136. The topological polar surface area (TPSA) is 66.5 Å². The summed E-state index contributed by atoms with van der Waals surface area (Å²) in [5.74, 6) is -0.931. The zero-order valence-corrected chi connectivity index (χ0v) is 20.0. The number of sulfonamides is 1. The van der Waals surface area contributed by atoms with Gasteiger partial charge in [0.25, 0.3) is 0 Å². The number of benzene rings is 3. The molecule has 3 rings (SSSR count). The third kappa shape index (κ3) is 6.35. The van der Waals surface area contributed by atoms with Crippen molar-refractivity contribution in [2.24, 2.45) is 0 Å². The van der Waals surface area contributed by atoms with Gasteiger partial charge in [0.05, 0.1) is 22.7 Å². The number of amides is 1. The normalized spacial score (nSPS) is 12.1. The number of carbonyl (C=O) groups is 1. The predicted molar refractivity (Wildman–Crippen MR) is 123 cm³/mol. The number of nitrogens with one attached hydrogen (secondary N) is 1. The summed E-state index contributed by atoms with van der Waals surface area (Å²) in [6.45, 7) is -0.984. The first-order valence-electron chi connectivity index (χ1n) is 9.43. The minimum Gasteiger partial charge on any atom is -0.324 e. The van der Waals surface area contributed by atoms with E-state index in [1.54, 1.807) is 24.3 Å². The number of halogens is 5. The van der Waals surface area contributed by atoms with Crippen LogP contribution in [0.5, 0.6) is 0 Å². The second-order valence-corrected chi connectivity index (χ2v) is 10.2. The number of anilines is 1. The number of nitrogens with zero attached hydrogens (tertiary/aromatic N) is 1. The molecule has 5 nitrogen and oxygen atoms in total. The van der Waals surface area contributed by atoms with Gasteiger partial charge in [-0.05, 0) is 48.0 Å². The van der Waals surface area contributed by atoms with Gasteiger partial charge in [0.1, 0.15) is 0 Å². The second kappa shape index (κ2) is 10.3. The molecule has 3 aromatic carbocycles. The van der Waals surface area contributed by atoms with E-state index >= 15 is 0 Å². The molecule has 0 bridgehead atoms. The lowest BCUT2D eigenvalue weighted by Crippen LogP contribution is -2.37. The van der Waals surface area contributed by atoms with Crippen molar-refractivity contribution in [2.45, 2.75) is 17.6 Å². The SMILES string of the molecule is O=C(CN(Cc1ccccc1Cl)S(=O)(=O)c1ccc(Br)cc1)Nc1ccccc1C(F)(F)F. The fourth-order valence-corrected chi connectivity index (χ4v) is 4.82. The number of hydrogen-bond acceptors (Lipinski definition) is 3. The van der Waals surface area contributed by atoms with Gasteiger partial charge in [-0.3, -0.25) is 4.79 Å². The molecule has 0 aliphatic heterocycles. The Morgan fingerprint density at radius 1 is 0.970 bits per heavy atom. The second-order valence-electron chi connectivity index (χ2n) is 6.91. The van der Waals surface area contributed by atoms with Gasteiger partial charge in [0.15, 0.2) is 0 Å². The first kappa shape index (κ1) is 25.2. The number of rotatable bonds is 7. The summed E-state index contributed by atoms with van der Waals surface area (Å²) in [7, 11) is -4.19. The van der Waals surface area contributed by atoms with Crippen LogP contribution in [0.25, 0.3) is 0 Å². The number of carbonyl (C=O) groups excluding carboxylic acids is 1. The van der Waals surface area contributed by atoms with Gasteiger partial charge in [-0.25, -0.2) is 8.42 Å². The van der Waals surface area contributed by atoms with Gasteiger partial charge in [-0.2, -0.15) is 17.5 Å². The zero-order valence-electron chi connectivity index (χ0n) is 16.8. The Kier molecular flexibility index (Phi) is 7.84. The van der Waals surface area contributed by atoms with Crippen molar-refractivity contribution in [2.75, 3.05) is 11.9 Å². The van der Waals surface area contributed by atoms with Gasteiger partial charge in [-0.1, -0.05) is 57.9 Å². The number of hydrogen-bond donors (Lipinski definition) is 1. The summed E-state index contributed by atoms with van der Waals surface area (Å²) in [5.41, 5.74) is -1.07. The lowest BCUT2D eigenvalue weighted by atomic mass is 10.1. The Hall–Kier alpha value is -2.40. The minimum atomic E-state index is -4.69. The van der Waals surface area contributed by atoms with Crippen molar-refractivity contribution < 1.29 is 26.4 Å². The smallest absolute Gasteiger partial charge is 0.324 e. The van der Waals surface area contributed by atoms with Gasteiger partial charge < -0.3 is 5.32 Å². The standard InChI is InChI=1S/C22H17BrClF3N2O3S/c23-16-9-11-17(12-10-16)33(31,32)29(13-15-5-1-3-7-19(15)24)14-21(30)28-20-8-4-2-6-18(20)22(25,26)27/h1-12H,13-14H2,(H,28,30). The molecular weight excluding hydrogens is 545 g/mol. The van der Waals surface area contributed by atoms with E-state index in [2.05, 4.69) is 21.2 Å². The predicted octanol–water partition coefficient (Wildman–Crippen LogP) is 5.95. The summed E-state index contributed by atoms with van der Waals surface area (Å²) in [6.07, 6.45) is -4.69. The molecule has 0 radical (unpaired) electrons. The lowest BCUT2D eigenvalue weighted by molar-refractivity contribution is -0.137. The molecule has 0 heterocycles. The van der Waals surface area contributed by atoms with Crippen molar-refractivity contribution in [3.8, 4) is 0 Å². The Balaban J connectivity index is 1.93. The first-order chi connectivity index (χ1) is 15.5. The Labute approximate surface area is 202 Å². The van der Waals surface area contributed by atoms with Crippen molar-refractivity contribution in [1.82, 2.24) is 4.31 Å². The largest absolute Gasteiger partial charge is 0.418 e. The number of para-hydroxylation sites is 1. The van der Waals surface area contributed by atoms with Crippen LogP contribution in [0.2, 0.25) is 5.02 Å². The molecular formula is C22H17BrClF3N2O3S. The summed E-state index contributed by atoms with van der Waals surface area (Å²) >= 11 is 9.40. The van der Waals surface area contributed by atoms with E-state index in [1.165, 1.54) is 36.4 Å². The molecule has 3 aromatic rings. The maximum atomic E-state index is 13.3. The molecule has 0 saturated heterocycles. The van der Waals surface area contributed by atoms with E-state index in [0.29, 0.717) is 10.0 Å². The van der Waals surface area contributed by atoms with E-state index in [0.717, 1.165) is 16.4 Å². The molecule has 0 aliphatic rings. The fourth-order valence-electron chi connectivity index (χ4n) is 2.99. The molecule has 33 heavy (non-hydrogen) atoms. The summed E-state index contributed by atoms with van der Waals surface area (Å²) < 4.78 is 67.9. The van der Waals surface area contributed by atoms with Crippen molar-refractivity contribution in [3.05, 3.63) is 93.4 Å². The van der Waals surface area contributed by atoms with Crippen LogP contribution >= 0.6 is 27.5 Å². The maximum absolute atomic E-state index is 13.3. The molecule has 11 heteroatoms. The highest BCUT2D eigenvalue weighted by Gasteiger charge is 2.34. The zero-order chi connectivity index (χ0) is 24.2. The molecule has 1 amide bonds. The molecule has 0 fully saturated rings. The Morgan fingerprint density at radius 3 is 2.21 bits per heavy atom. The lowest BCUT2D eigenvalue weighted by Gasteiger charge is -2.23. The van der Waals surface area contributed by atoms with Crippen LogP contribution < -0.4 is 5.32 Å². The molecule has 1 N–H and O–H groups in total. The summed E-state index contributed by atoms with van der Waals surface area (Å²) in [5, 5.41) is 2.46. The van der Waals surface area contributed by atoms with Gasteiger partial charge >= 0.3 is 6.18 Å². The quantitative estimate of drug-likeness (QED) is 0.388. The molecule has 0 atom stereocenters. The highest BCUT2D eigenvalue weighted by molar-refractivity contribution is 9.10. The van der Waals surface area contributed by atoms with Gasteiger partial charge in [-0.15, -0.1) is 0 Å². The van der Waals surface area contributed by atoms with Crippen molar-refractivity contribution >= 4 is 49.1 Å². The molecule has 0 unspecified atom stereocenters. The average molecular weight is 562 g/mol. The molecule has 0 aromatic heterocycles. The molecule has 174 valence electrons.